The Labute approximate surface area is 204 Å². The predicted molar refractivity (Wildman–Crippen MR) is 131 cm³/mol. The van der Waals surface area contributed by atoms with Gasteiger partial charge >= 0.3 is 0 Å². The van der Waals surface area contributed by atoms with Crippen LogP contribution in [0.4, 0.5) is 8.78 Å². The molecule has 1 amide bonds. The van der Waals surface area contributed by atoms with Crippen LogP contribution in [-0.2, 0) is 5.41 Å². The number of hydrogen-bond donors (Lipinski definition) is 0. The quantitative estimate of drug-likeness (QED) is 0.408. The standard InChI is InChI=1S/C27H28ClF2N3O/c1-17-8-10-33(16-27(17,29)30)25(34)19-5-6-22(23(28)12-19)21-11-20(14-31-15-21)18-7-9-32-24(13-18)26(2,3)4/h5-7,9,11-15,17H,8,10,16H2,1-4H3. The molecule has 4 rings (SSSR count). The summed E-state index contributed by atoms with van der Waals surface area (Å²) in [4.78, 5) is 22.9. The zero-order valence-electron chi connectivity index (χ0n) is 19.8. The van der Waals surface area contributed by atoms with E-state index in [1.165, 1.54) is 11.8 Å². The molecule has 34 heavy (non-hydrogen) atoms. The Balaban J connectivity index is 1.60. The number of piperidine rings is 1. The molecule has 0 radical (unpaired) electrons. The number of carbonyl (C=O) groups is 1. The molecule has 1 atom stereocenters. The second kappa shape index (κ2) is 9.06. The van der Waals surface area contributed by atoms with E-state index in [9.17, 15) is 13.6 Å². The molecule has 1 aromatic carbocycles. The van der Waals surface area contributed by atoms with Gasteiger partial charge in [0.1, 0.15) is 0 Å². The summed E-state index contributed by atoms with van der Waals surface area (Å²) in [6.45, 7) is 7.60. The molecule has 3 heterocycles. The largest absolute Gasteiger partial charge is 0.333 e. The van der Waals surface area contributed by atoms with Crippen molar-refractivity contribution >= 4 is 17.5 Å². The van der Waals surface area contributed by atoms with Crippen LogP contribution >= 0.6 is 11.6 Å². The maximum absolute atomic E-state index is 14.1. The average molecular weight is 484 g/mol. The van der Waals surface area contributed by atoms with Crippen molar-refractivity contribution in [3.8, 4) is 22.3 Å². The van der Waals surface area contributed by atoms with Gasteiger partial charge in [0.05, 0.1) is 6.54 Å². The summed E-state index contributed by atoms with van der Waals surface area (Å²) in [5.74, 6) is -4.05. The first kappa shape index (κ1) is 24.3. The van der Waals surface area contributed by atoms with Gasteiger partial charge in [-0.25, -0.2) is 8.78 Å². The molecule has 7 heteroatoms. The minimum Gasteiger partial charge on any atom is -0.333 e. The fourth-order valence-corrected chi connectivity index (χ4v) is 4.34. The van der Waals surface area contributed by atoms with E-state index in [0.717, 1.165) is 27.9 Å². The van der Waals surface area contributed by atoms with Crippen molar-refractivity contribution in [2.24, 2.45) is 5.92 Å². The average Bonchev–Trinajstić information content (AvgIpc) is 2.80. The second-order valence-corrected chi connectivity index (χ2v) is 10.4. The van der Waals surface area contributed by atoms with E-state index in [4.69, 9.17) is 11.6 Å². The number of pyridine rings is 2. The molecule has 1 aliphatic rings. The lowest BCUT2D eigenvalue weighted by Crippen LogP contribution is -2.49. The molecule has 2 aromatic heterocycles. The van der Waals surface area contributed by atoms with Gasteiger partial charge in [-0.05, 0) is 42.3 Å². The molecule has 0 saturated carbocycles. The first-order valence-electron chi connectivity index (χ1n) is 11.3. The van der Waals surface area contributed by atoms with Gasteiger partial charge in [-0.3, -0.25) is 14.8 Å². The van der Waals surface area contributed by atoms with Gasteiger partial charge in [-0.1, -0.05) is 45.4 Å². The zero-order valence-corrected chi connectivity index (χ0v) is 20.5. The third kappa shape index (κ3) is 4.97. The Bertz CT molecular complexity index is 1220. The van der Waals surface area contributed by atoms with Gasteiger partial charge in [0.15, 0.2) is 0 Å². The molecular weight excluding hydrogens is 456 g/mol. The van der Waals surface area contributed by atoms with Crippen molar-refractivity contribution in [3.05, 3.63) is 71.3 Å². The Hall–Kier alpha value is -2.86. The molecule has 0 spiro atoms. The first-order chi connectivity index (χ1) is 16.0. The van der Waals surface area contributed by atoms with Gasteiger partial charge in [-0.2, -0.15) is 0 Å². The van der Waals surface area contributed by atoms with Crippen LogP contribution in [0.2, 0.25) is 5.02 Å². The molecule has 178 valence electrons. The first-order valence-corrected chi connectivity index (χ1v) is 11.7. The summed E-state index contributed by atoms with van der Waals surface area (Å²) >= 11 is 6.55. The summed E-state index contributed by atoms with van der Waals surface area (Å²) in [5, 5.41) is 0.368. The third-order valence-electron chi connectivity index (χ3n) is 6.37. The Morgan fingerprint density at radius 2 is 1.82 bits per heavy atom. The summed E-state index contributed by atoms with van der Waals surface area (Å²) in [6.07, 6.45) is 5.56. The number of likely N-dealkylation sites (tertiary alicyclic amines) is 1. The Morgan fingerprint density at radius 1 is 1.09 bits per heavy atom. The van der Waals surface area contributed by atoms with E-state index >= 15 is 0 Å². The number of halogens is 3. The van der Waals surface area contributed by atoms with Crippen molar-refractivity contribution in [2.45, 2.75) is 45.5 Å². The topological polar surface area (TPSA) is 46.1 Å². The highest BCUT2D eigenvalue weighted by Crippen LogP contribution is 2.35. The van der Waals surface area contributed by atoms with Gasteiger partial charge in [0.25, 0.3) is 11.8 Å². The van der Waals surface area contributed by atoms with Crippen LogP contribution in [0.1, 0.15) is 50.2 Å². The highest BCUT2D eigenvalue weighted by molar-refractivity contribution is 6.33. The molecule has 0 aliphatic carbocycles. The third-order valence-corrected chi connectivity index (χ3v) is 6.68. The van der Waals surface area contributed by atoms with E-state index in [1.54, 1.807) is 36.8 Å². The van der Waals surface area contributed by atoms with Gasteiger partial charge in [-0.15, -0.1) is 0 Å². The van der Waals surface area contributed by atoms with Crippen molar-refractivity contribution in [1.29, 1.82) is 0 Å². The van der Waals surface area contributed by atoms with E-state index < -0.39 is 24.3 Å². The lowest BCUT2D eigenvalue weighted by molar-refractivity contribution is -0.0957. The van der Waals surface area contributed by atoms with Crippen LogP contribution in [0.5, 0.6) is 0 Å². The maximum Gasteiger partial charge on any atom is 0.267 e. The number of aromatic nitrogens is 2. The van der Waals surface area contributed by atoms with Crippen molar-refractivity contribution in [3.63, 3.8) is 0 Å². The van der Waals surface area contributed by atoms with Crippen molar-refractivity contribution < 1.29 is 13.6 Å². The van der Waals surface area contributed by atoms with E-state index in [1.807, 2.05) is 12.1 Å². The number of benzene rings is 1. The summed E-state index contributed by atoms with van der Waals surface area (Å²) in [7, 11) is 0. The second-order valence-electron chi connectivity index (χ2n) is 10.0. The maximum atomic E-state index is 14.1. The van der Waals surface area contributed by atoms with Crippen LogP contribution in [0.25, 0.3) is 22.3 Å². The van der Waals surface area contributed by atoms with Crippen LogP contribution < -0.4 is 0 Å². The normalized spacial score (nSPS) is 18.1. The van der Waals surface area contributed by atoms with E-state index in [0.29, 0.717) is 17.1 Å². The number of nitrogens with zero attached hydrogens (tertiary/aromatic N) is 3. The predicted octanol–water partition coefficient (Wildman–Crippen LogP) is 6.88. The minimum absolute atomic E-state index is 0.0803. The number of rotatable bonds is 3. The van der Waals surface area contributed by atoms with Crippen LogP contribution in [-0.4, -0.2) is 39.8 Å². The molecule has 0 bridgehead atoms. The van der Waals surface area contributed by atoms with Gasteiger partial charge in [0, 0.05) is 69.4 Å². The monoisotopic (exact) mass is 483 g/mol. The minimum atomic E-state index is -2.89. The number of carbonyl (C=O) groups excluding carboxylic acids is 1. The van der Waals surface area contributed by atoms with Crippen molar-refractivity contribution in [2.75, 3.05) is 13.1 Å². The number of alkyl halides is 2. The number of amides is 1. The molecule has 4 nitrogen and oxygen atoms in total. The molecule has 1 saturated heterocycles. The van der Waals surface area contributed by atoms with Crippen LogP contribution in [0.15, 0.2) is 55.0 Å². The lowest BCUT2D eigenvalue weighted by Gasteiger charge is -2.36. The zero-order chi connectivity index (χ0) is 24.7. The molecule has 1 aliphatic heterocycles. The molecule has 1 fully saturated rings. The smallest absolute Gasteiger partial charge is 0.267 e. The molecular formula is C27H28ClF2N3O. The molecule has 3 aromatic rings. The highest BCUT2D eigenvalue weighted by Gasteiger charge is 2.43. The highest BCUT2D eigenvalue weighted by atomic mass is 35.5. The Morgan fingerprint density at radius 3 is 2.50 bits per heavy atom. The van der Waals surface area contributed by atoms with Crippen molar-refractivity contribution in [1.82, 2.24) is 14.9 Å². The fraction of sp³-hybridized carbons (Fsp3) is 0.370. The fourth-order valence-electron chi connectivity index (χ4n) is 4.05. The SMILES string of the molecule is CC1CCN(C(=O)c2ccc(-c3cncc(-c4ccnc(C(C)(C)C)c4)c3)c(Cl)c2)CC1(F)F. The van der Waals surface area contributed by atoms with E-state index in [2.05, 4.69) is 36.8 Å². The van der Waals surface area contributed by atoms with Gasteiger partial charge < -0.3 is 4.90 Å². The summed E-state index contributed by atoms with van der Waals surface area (Å²) < 4.78 is 28.3. The Kier molecular flexibility index (Phi) is 6.47. The molecule has 1 unspecified atom stereocenters. The van der Waals surface area contributed by atoms with E-state index in [-0.39, 0.29) is 11.8 Å². The van der Waals surface area contributed by atoms with Crippen LogP contribution in [0.3, 0.4) is 0 Å². The summed E-state index contributed by atoms with van der Waals surface area (Å²) in [6, 6.07) is 10.9. The molecule has 0 N–H and O–H groups in total. The summed E-state index contributed by atoms with van der Waals surface area (Å²) in [5.41, 5.74) is 4.64. The van der Waals surface area contributed by atoms with Crippen LogP contribution in [0, 0.1) is 5.92 Å². The van der Waals surface area contributed by atoms with Gasteiger partial charge in [0.2, 0.25) is 0 Å². The lowest BCUT2D eigenvalue weighted by atomic mass is 9.90. The number of hydrogen-bond acceptors (Lipinski definition) is 3.